The molecule has 2 N–H and O–H groups in total. The Morgan fingerprint density at radius 1 is 0.415 bits per heavy atom. The third-order valence-electron chi connectivity index (χ3n) is 26.9. The molecule has 0 aliphatic carbocycles. The monoisotopic (exact) mass is 2310 g/mol. The molecule has 0 saturated carbocycles. The number of benzene rings is 8. The van der Waals surface area contributed by atoms with Gasteiger partial charge >= 0.3 is 41.5 Å². The van der Waals surface area contributed by atoms with Gasteiger partial charge < -0.3 is 58.8 Å². The first-order valence-corrected chi connectivity index (χ1v) is 63.8. The number of carbonyl (C=O) groups excluding carboxylic acids is 6. The van der Waals surface area contributed by atoms with Crippen molar-refractivity contribution >= 4 is 130 Å². The molecule has 0 bridgehead atoms. The Bertz CT molecular complexity index is 4930. The van der Waals surface area contributed by atoms with Gasteiger partial charge in [-0.15, -0.1) is 0 Å². The number of nitrogens with one attached hydrogen (secondary N) is 1. The fourth-order valence-corrected chi connectivity index (χ4v) is 21.2. The zero-order valence-electron chi connectivity index (χ0n) is 90.7. The summed E-state index contributed by atoms with van der Waals surface area (Å²) in [4.78, 5) is 80.3. The predicted molar refractivity (Wildman–Crippen MR) is 608 cm³/mol. The molecule has 0 amide bonds. The minimum absolute atomic E-state index is 0. The molecule has 4 heterocycles. The number of ketones is 4. The number of rotatable bonds is 36. The summed E-state index contributed by atoms with van der Waals surface area (Å²) >= 11 is 12.7. The van der Waals surface area contributed by atoms with Crippen molar-refractivity contribution in [2.75, 3.05) is 97.7 Å². The van der Waals surface area contributed by atoms with Gasteiger partial charge in [0.25, 0.3) is 5.95 Å². The average Bonchev–Trinajstić information content (AvgIpc) is 0.826. The van der Waals surface area contributed by atoms with E-state index in [1.165, 1.54) is 49.3 Å². The van der Waals surface area contributed by atoms with Crippen LogP contribution in [0.3, 0.4) is 0 Å². The number of aliphatic hydroxyl groups is 1. The average molecular weight is 2320 g/mol. The standard InChI is InChI=1S/C33H39NO4.C21H34BrNO2Si.C20H29NO4.C13H11Br.C11H25NOSi.C10H10BrIO.C8H18O2Si.Na.H/c1-33(2,32(36)37-3)28-18-16-25(17-19-28)30(35)15-10-22-34-23-20-29(21-24-34)38-31(26-11-6-4-7-12-26)27-13-8-5-9-14-27;1-21(2,3)26(4,5)25-19-12-15-23(16-13-19)14-6-7-20(24)17-8-10-18(22)11-9-17;1-20(2,19(24)25-3)16-8-6-15(7-9-16)18(23)5-4-12-21-13-10-17(22)11-14-21;14-13(11-7-3-1-4-8-11)12-9-5-2-6-10-12;1-11(2,3)14(4,5)13-10-6-8-12-9-7-10;11-9-5-3-8(4-6-9)10(13)2-1-7-12;1-7(2)8(9-3)10-11(4,5)6;;/h4-9,11-14,16-19,29,31H,10,15,20-24H2,1-3H3;8-11,19H,6-7,12-16H2,1-5H3;6-9,17,22H,4-5,10-14H2,1-3H3;1-10,13H;10,12H,6-9H2,1-5H3;3-6H,1-2,7H2;1-6H3;;/q;;;;;;;+1;-1. The number of esters is 2. The molecule has 4 aliphatic heterocycles. The van der Waals surface area contributed by atoms with Gasteiger partial charge in [0.15, 0.2) is 39.8 Å². The summed E-state index contributed by atoms with van der Waals surface area (Å²) < 4.78 is 43.1. The second kappa shape index (κ2) is 63.9. The van der Waals surface area contributed by atoms with E-state index in [4.69, 9.17) is 32.2 Å². The molecule has 0 atom stereocenters. The molecule has 4 saturated heterocycles. The quantitative estimate of drug-likeness (QED) is 0.00934. The number of ether oxygens (including phenoxy) is 4. The van der Waals surface area contributed by atoms with Crippen molar-refractivity contribution in [1.82, 2.24) is 20.0 Å². The van der Waals surface area contributed by atoms with Crippen molar-refractivity contribution in [2.45, 2.75) is 288 Å². The van der Waals surface area contributed by atoms with E-state index in [1.54, 1.807) is 19.2 Å². The first-order chi connectivity index (χ1) is 66.6. The normalized spacial score (nSPS) is 15.0. The minimum Gasteiger partial charge on any atom is -1.00 e. The molecule has 0 spiro atoms. The molecular formula is C116H167Br3IN4NaO14Si3. The number of aliphatic hydroxyl groups excluding tert-OH is 1. The molecule has 8 aromatic rings. The third kappa shape index (κ3) is 45.3. The van der Waals surface area contributed by atoms with Crippen molar-refractivity contribution in [3.63, 3.8) is 0 Å². The van der Waals surface area contributed by atoms with Gasteiger partial charge in [-0.2, -0.15) is 0 Å². The molecule has 776 valence electrons. The smallest absolute Gasteiger partial charge is 1.00 e. The van der Waals surface area contributed by atoms with E-state index in [9.17, 15) is 33.9 Å². The van der Waals surface area contributed by atoms with Gasteiger partial charge in [0.2, 0.25) is 8.32 Å². The number of allylic oxidation sites excluding steroid dienone is 1. The van der Waals surface area contributed by atoms with E-state index in [1.807, 2.05) is 151 Å². The molecule has 0 unspecified atom stereocenters. The maximum Gasteiger partial charge on any atom is 1.00 e. The Morgan fingerprint density at radius 2 is 0.704 bits per heavy atom. The van der Waals surface area contributed by atoms with Gasteiger partial charge in [0.05, 0.1) is 49.2 Å². The Kier molecular flexibility index (Phi) is 57.0. The molecular weight excluding hydrogens is 2150 g/mol. The van der Waals surface area contributed by atoms with Crippen LogP contribution < -0.4 is 34.9 Å². The second-order valence-corrected chi connectivity index (χ2v) is 60.1. The van der Waals surface area contributed by atoms with Crippen LogP contribution in [0.2, 0.25) is 55.9 Å². The van der Waals surface area contributed by atoms with Crippen LogP contribution in [-0.2, 0) is 52.6 Å². The van der Waals surface area contributed by atoms with E-state index in [-0.39, 0.29) is 89.4 Å². The third-order valence-corrected chi connectivity index (χ3v) is 39.7. The molecule has 4 aliphatic rings. The second-order valence-electron chi connectivity index (χ2n) is 42.3. The Hall–Kier alpha value is -5.78. The van der Waals surface area contributed by atoms with Crippen molar-refractivity contribution in [3.05, 3.63) is 294 Å². The van der Waals surface area contributed by atoms with Gasteiger partial charge in [-0.1, -0.05) is 306 Å². The molecule has 0 aromatic heterocycles. The van der Waals surface area contributed by atoms with Crippen LogP contribution in [0.5, 0.6) is 0 Å². The van der Waals surface area contributed by atoms with Crippen LogP contribution in [0.25, 0.3) is 0 Å². The Labute approximate surface area is 919 Å². The summed E-state index contributed by atoms with van der Waals surface area (Å²) in [6, 6.07) is 71.5. The summed E-state index contributed by atoms with van der Waals surface area (Å²) in [6.45, 7) is 51.9. The van der Waals surface area contributed by atoms with E-state index in [0.29, 0.717) is 64.8 Å². The Balaban J connectivity index is 0.000000363. The number of alkyl halides is 2. The van der Waals surface area contributed by atoms with Crippen LogP contribution in [0.15, 0.2) is 239 Å². The first kappa shape index (κ1) is 127. The molecule has 12 rings (SSSR count). The summed E-state index contributed by atoms with van der Waals surface area (Å²) in [5.74, 6) is 0.847. The summed E-state index contributed by atoms with van der Waals surface area (Å²) in [5.41, 5.74) is 9.24. The number of nitrogens with zero attached hydrogens (tertiary/aromatic N) is 3. The molecule has 4 fully saturated rings. The zero-order valence-corrected chi connectivity index (χ0v) is 102. The van der Waals surface area contributed by atoms with E-state index < -0.39 is 35.8 Å². The zero-order chi connectivity index (χ0) is 104. The van der Waals surface area contributed by atoms with Crippen molar-refractivity contribution in [3.8, 4) is 0 Å². The van der Waals surface area contributed by atoms with Crippen LogP contribution in [-0.4, -0.2) is 202 Å². The fraction of sp³-hybridized carbons (Fsp3) is 0.517. The molecule has 8 aromatic carbocycles. The van der Waals surface area contributed by atoms with Crippen LogP contribution in [0.1, 0.15) is 273 Å². The van der Waals surface area contributed by atoms with Gasteiger partial charge in [0, 0.05) is 114 Å². The number of methoxy groups -OCH3 is 3. The van der Waals surface area contributed by atoms with Gasteiger partial charge in [-0.3, -0.25) is 28.8 Å². The van der Waals surface area contributed by atoms with Gasteiger partial charge in [-0.05, 0) is 269 Å². The maximum atomic E-state index is 12.8. The van der Waals surface area contributed by atoms with E-state index >= 15 is 0 Å². The van der Waals surface area contributed by atoms with Crippen molar-refractivity contribution in [2.24, 2.45) is 0 Å². The van der Waals surface area contributed by atoms with Crippen molar-refractivity contribution < 1.29 is 97.1 Å². The first-order valence-electron chi connectivity index (χ1n) is 50.5. The number of Topliss-reactive ketones (excluding diaryl/α,β-unsaturated/α-hetero) is 4. The molecule has 26 heteroatoms. The minimum atomic E-state index is -1.66. The number of piperidine rings is 4. The van der Waals surface area contributed by atoms with Crippen LogP contribution in [0.4, 0.5) is 0 Å². The summed E-state index contributed by atoms with van der Waals surface area (Å²) in [7, 11) is -0.256. The molecule has 18 nitrogen and oxygen atoms in total. The fourth-order valence-electron chi connectivity index (χ4n) is 16.0. The number of halogens is 4. The topological polar surface area (TPSA) is 209 Å². The van der Waals surface area contributed by atoms with Gasteiger partial charge in [0.1, 0.15) is 6.10 Å². The van der Waals surface area contributed by atoms with Crippen LogP contribution >= 0.6 is 70.4 Å². The van der Waals surface area contributed by atoms with Crippen LogP contribution in [0, 0.1) is 0 Å². The van der Waals surface area contributed by atoms with Gasteiger partial charge in [-0.25, -0.2) is 0 Å². The number of likely N-dealkylation sites (tertiary alicyclic amines) is 3. The number of hydrogen-bond acceptors (Lipinski definition) is 18. The maximum absolute atomic E-state index is 12.8. The summed E-state index contributed by atoms with van der Waals surface area (Å²) in [5, 5.41) is 13.5. The number of hydrogen-bond donors (Lipinski definition) is 2. The SMILES string of the molecule is BrC(c1ccccc1)c1ccccc1.CC(C)(C)[Si](C)(C)OC1CCN(CCCC(=O)c2ccc(Br)cc2)CC1.CC(C)(C)[Si](C)(C)OC1CCNCC1.COC(=O)C(C)(C)c1ccc(C(=O)CCCN2CCC(O)CC2)cc1.COC(=O)C(C)(C)c1ccc(C(=O)CCCN2CCC(OC(c3ccccc3)c3ccccc3)CC2)cc1.COC(O[Si](C)(C)C)=C(C)C.O=C(CCCI)c1ccc(Br)cc1.[H-].[Na+]. The molecule has 0 radical (unpaired) electrons. The number of carbonyl (C=O) groups is 6. The molecule has 142 heavy (non-hydrogen) atoms. The Morgan fingerprint density at radius 3 is 0.986 bits per heavy atom. The van der Waals surface area contributed by atoms with E-state index in [2.05, 4.69) is 275 Å². The largest absolute Gasteiger partial charge is 1.00 e. The van der Waals surface area contributed by atoms with E-state index in [0.717, 1.165) is 177 Å². The summed E-state index contributed by atoms with van der Waals surface area (Å²) in [6.07, 6.45) is 15.0. The predicted octanol–water partition coefficient (Wildman–Crippen LogP) is 25.5. The van der Waals surface area contributed by atoms with Crippen molar-refractivity contribution in [1.29, 1.82) is 0 Å².